The van der Waals surface area contributed by atoms with Crippen LogP contribution in [0.25, 0.3) is 0 Å². The van der Waals surface area contributed by atoms with Crippen molar-refractivity contribution in [2.45, 2.75) is 6.54 Å². The summed E-state index contributed by atoms with van der Waals surface area (Å²) in [4.78, 5) is 24.4. The van der Waals surface area contributed by atoms with Crippen LogP contribution >= 0.6 is 0 Å². The van der Waals surface area contributed by atoms with Gasteiger partial charge in [-0.15, -0.1) is 0 Å². The van der Waals surface area contributed by atoms with Gasteiger partial charge in [0.2, 0.25) is 5.95 Å². The number of benzene rings is 1. The van der Waals surface area contributed by atoms with Crippen molar-refractivity contribution < 1.29 is 14.3 Å². The van der Waals surface area contributed by atoms with E-state index in [0.717, 1.165) is 17.1 Å². The summed E-state index contributed by atoms with van der Waals surface area (Å²) >= 11 is 0. The van der Waals surface area contributed by atoms with Crippen molar-refractivity contribution in [1.82, 2.24) is 20.3 Å². The molecule has 0 aliphatic carbocycles. The maximum absolute atomic E-state index is 12.1. The lowest BCUT2D eigenvalue weighted by atomic mass is 10.2. The maximum Gasteiger partial charge on any atom is 0.254 e. The van der Waals surface area contributed by atoms with Crippen LogP contribution in [-0.2, 0) is 6.54 Å². The lowest BCUT2D eigenvalue weighted by Crippen LogP contribution is -2.23. The average Bonchev–Trinajstić information content (AvgIpc) is 2.76. The van der Waals surface area contributed by atoms with Gasteiger partial charge in [0.05, 0.1) is 19.2 Å². The Bertz CT molecular complexity index is 871. The summed E-state index contributed by atoms with van der Waals surface area (Å²) in [5.74, 6) is 1.74. The third-order valence-corrected chi connectivity index (χ3v) is 3.83. The van der Waals surface area contributed by atoms with E-state index in [1.807, 2.05) is 36.4 Å². The molecule has 0 saturated heterocycles. The molecule has 0 radical (unpaired) electrons. The number of pyridine rings is 1. The van der Waals surface area contributed by atoms with E-state index < -0.39 is 0 Å². The molecular weight excluding hydrogens is 358 g/mol. The molecule has 28 heavy (non-hydrogen) atoms. The third-order valence-electron chi connectivity index (χ3n) is 3.83. The van der Waals surface area contributed by atoms with Crippen LogP contribution in [-0.4, -0.2) is 41.1 Å². The molecule has 8 nitrogen and oxygen atoms in total. The normalized spacial score (nSPS) is 10.2. The van der Waals surface area contributed by atoms with Gasteiger partial charge >= 0.3 is 0 Å². The number of anilines is 1. The molecule has 2 aromatic heterocycles. The summed E-state index contributed by atoms with van der Waals surface area (Å²) in [5, 5.41) is 5.87. The number of nitrogens with one attached hydrogen (secondary N) is 2. The van der Waals surface area contributed by atoms with Gasteiger partial charge in [-0.05, 0) is 42.0 Å². The smallest absolute Gasteiger partial charge is 0.254 e. The molecule has 0 bridgehead atoms. The van der Waals surface area contributed by atoms with Crippen molar-refractivity contribution in [3.63, 3.8) is 0 Å². The van der Waals surface area contributed by atoms with Crippen LogP contribution in [0.1, 0.15) is 15.9 Å². The third kappa shape index (κ3) is 5.66. The number of nitrogens with zero attached hydrogens (tertiary/aromatic N) is 3. The molecule has 0 unspecified atom stereocenters. The highest BCUT2D eigenvalue weighted by Gasteiger charge is 2.07. The Kier molecular flexibility index (Phi) is 6.73. The summed E-state index contributed by atoms with van der Waals surface area (Å²) in [6, 6.07) is 11.0. The Morgan fingerprint density at radius 2 is 1.68 bits per heavy atom. The van der Waals surface area contributed by atoms with Gasteiger partial charge in [-0.2, -0.15) is 0 Å². The molecule has 2 heterocycles. The van der Waals surface area contributed by atoms with E-state index in [1.54, 1.807) is 19.5 Å². The summed E-state index contributed by atoms with van der Waals surface area (Å²) < 4.78 is 10.7. The summed E-state index contributed by atoms with van der Waals surface area (Å²) in [5.41, 5.74) is 1.37. The Labute approximate surface area is 163 Å². The molecular formula is C20H21N5O3. The zero-order chi connectivity index (χ0) is 19.6. The number of hydrogen-bond acceptors (Lipinski definition) is 7. The highest BCUT2D eigenvalue weighted by atomic mass is 16.5. The van der Waals surface area contributed by atoms with Crippen LogP contribution in [0, 0.1) is 0 Å². The first-order valence-corrected chi connectivity index (χ1v) is 8.74. The molecule has 0 aliphatic rings. The van der Waals surface area contributed by atoms with Gasteiger partial charge in [-0.25, -0.2) is 9.97 Å². The van der Waals surface area contributed by atoms with Gasteiger partial charge < -0.3 is 20.1 Å². The van der Waals surface area contributed by atoms with Gasteiger partial charge in [0.25, 0.3) is 5.91 Å². The van der Waals surface area contributed by atoms with Crippen molar-refractivity contribution in [2.24, 2.45) is 0 Å². The fourth-order valence-corrected chi connectivity index (χ4v) is 2.33. The molecule has 3 aromatic rings. The molecule has 8 heteroatoms. The Morgan fingerprint density at radius 1 is 1.00 bits per heavy atom. The molecule has 1 aromatic carbocycles. The Morgan fingerprint density at radius 3 is 2.36 bits per heavy atom. The number of carbonyl (C=O) groups excluding carboxylic acids is 1. The summed E-state index contributed by atoms with van der Waals surface area (Å²) in [7, 11) is 1.62. The minimum atomic E-state index is -0.230. The lowest BCUT2D eigenvalue weighted by molar-refractivity contribution is 0.0950. The number of methoxy groups -OCH3 is 1. The zero-order valence-electron chi connectivity index (χ0n) is 15.5. The van der Waals surface area contributed by atoms with E-state index in [9.17, 15) is 4.79 Å². The van der Waals surface area contributed by atoms with Crippen molar-refractivity contribution >= 4 is 11.9 Å². The fraction of sp³-hybridized carbons (Fsp3) is 0.200. The number of amides is 1. The van der Waals surface area contributed by atoms with Crippen molar-refractivity contribution in [3.8, 4) is 11.5 Å². The van der Waals surface area contributed by atoms with E-state index in [4.69, 9.17) is 9.47 Å². The number of rotatable bonds is 9. The minimum absolute atomic E-state index is 0.230. The number of carbonyl (C=O) groups is 1. The minimum Gasteiger partial charge on any atom is -0.497 e. The molecule has 1 amide bonds. The van der Waals surface area contributed by atoms with Crippen LogP contribution < -0.4 is 20.1 Å². The summed E-state index contributed by atoms with van der Waals surface area (Å²) in [6.07, 6.45) is 6.34. The molecule has 0 spiro atoms. The van der Waals surface area contributed by atoms with E-state index in [2.05, 4.69) is 25.6 Å². The van der Waals surface area contributed by atoms with E-state index in [0.29, 0.717) is 31.2 Å². The highest BCUT2D eigenvalue weighted by molar-refractivity contribution is 5.93. The van der Waals surface area contributed by atoms with Crippen molar-refractivity contribution in [2.75, 3.05) is 25.6 Å². The molecule has 2 N–H and O–H groups in total. The molecule has 0 atom stereocenters. The first-order chi connectivity index (χ1) is 13.7. The molecule has 0 fully saturated rings. The second-order valence-electron chi connectivity index (χ2n) is 5.78. The number of aromatic nitrogens is 3. The van der Waals surface area contributed by atoms with Gasteiger partial charge in [0.1, 0.15) is 18.1 Å². The van der Waals surface area contributed by atoms with Gasteiger partial charge in [-0.1, -0.05) is 0 Å². The summed E-state index contributed by atoms with van der Waals surface area (Å²) in [6.45, 7) is 1.40. The number of ether oxygens (including phenoxy) is 2. The van der Waals surface area contributed by atoms with Crippen LogP contribution in [0.4, 0.5) is 5.95 Å². The van der Waals surface area contributed by atoms with Gasteiger partial charge in [0, 0.05) is 31.3 Å². The Balaban J connectivity index is 1.40. The van der Waals surface area contributed by atoms with E-state index in [1.165, 1.54) is 12.4 Å². The van der Waals surface area contributed by atoms with Crippen LogP contribution in [0.5, 0.6) is 11.5 Å². The van der Waals surface area contributed by atoms with Crippen molar-refractivity contribution in [3.05, 3.63) is 72.3 Å². The first-order valence-electron chi connectivity index (χ1n) is 8.74. The molecule has 144 valence electrons. The van der Waals surface area contributed by atoms with Crippen LogP contribution in [0.2, 0.25) is 0 Å². The van der Waals surface area contributed by atoms with Gasteiger partial charge in [-0.3, -0.25) is 9.78 Å². The maximum atomic E-state index is 12.1. The van der Waals surface area contributed by atoms with E-state index in [-0.39, 0.29) is 5.91 Å². The Hall–Kier alpha value is -3.68. The second-order valence-corrected chi connectivity index (χ2v) is 5.78. The quantitative estimate of drug-likeness (QED) is 0.551. The van der Waals surface area contributed by atoms with Crippen molar-refractivity contribution in [1.29, 1.82) is 0 Å². The largest absolute Gasteiger partial charge is 0.497 e. The zero-order valence-corrected chi connectivity index (χ0v) is 15.5. The second kappa shape index (κ2) is 9.86. The van der Waals surface area contributed by atoms with E-state index >= 15 is 0 Å². The molecule has 0 saturated carbocycles. The topological polar surface area (TPSA) is 98.3 Å². The predicted molar refractivity (Wildman–Crippen MR) is 104 cm³/mol. The fourth-order valence-electron chi connectivity index (χ4n) is 2.33. The standard InChI is InChI=1S/C20H21N5O3/c1-27-17-2-4-18(5-3-17)28-11-10-22-20-24-13-16(14-25-20)19(26)23-12-15-6-8-21-9-7-15/h2-9,13-14H,10-12H2,1H3,(H,23,26)(H,22,24,25). The molecule has 0 aliphatic heterocycles. The predicted octanol–water partition coefficient (Wildman–Crippen LogP) is 2.30. The number of hydrogen-bond donors (Lipinski definition) is 2. The SMILES string of the molecule is COc1ccc(OCCNc2ncc(C(=O)NCc3ccncc3)cn2)cc1. The lowest BCUT2D eigenvalue weighted by Gasteiger charge is -2.09. The monoisotopic (exact) mass is 379 g/mol. The highest BCUT2D eigenvalue weighted by Crippen LogP contribution is 2.16. The van der Waals surface area contributed by atoms with Crippen LogP contribution in [0.3, 0.4) is 0 Å². The molecule has 3 rings (SSSR count). The van der Waals surface area contributed by atoms with Crippen LogP contribution in [0.15, 0.2) is 61.2 Å². The first kappa shape index (κ1) is 19.1. The average molecular weight is 379 g/mol. The van der Waals surface area contributed by atoms with Gasteiger partial charge in [0.15, 0.2) is 0 Å².